The van der Waals surface area contributed by atoms with E-state index in [9.17, 15) is 9.90 Å². The maximum atomic E-state index is 12.8. The van der Waals surface area contributed by atoms with Gasteiger partial charge >= 0.3 is 0 Å². The fourth-order valence-corrected chi connectivity index (χ4v) is 3.39. The number of carbonyl (C=O) groups is 1. The van der Waals surface area contributed by atoms with Gasteiger partial charge in [0.05, 0.1) is 7.11 Å². The highest BCUT2D eigenvalue weighted by molar-refractivity contribution is 5.86. The Morgan fingerprint density at radius 3 is 2.85 bits per heavy atom. The standard InChI is InChI=1S/C20H27N3O3/c1-26-18-7-4-6-17(14-18)15-23-12-5-8-20(25,19(23)24)16-21-9-13-22-10-2-3-11-22/h2-4,6-7,10-11,14,21,25H,5,8-9,12-13,15-16H2,1H3/t20-/m1/s1. The molecule has 6 nitrogen and oxygen atoms in total. The molecule has 1 amide bonds. The highest BCUT2D eigenvalue weighted by Crippen LogP contribution is 2.24. The van der Waals surface area contributed by atoms with Crippen molar-refractivity contribution >= 4 is 5.91 Å². The van der Waals surface area contributed by atoms with Crippen molar-refractivity contribution < 1.29 is 14.6 Å². The Balaban J connectivity index is 1.55. The van der Waals surface area contributed by atoms with Crippen LogP contribution in [0, 0.1) is 0 Å². The number of carbonyl (C=O) groups excluding carboxylic acids is 1. The monoisotopic (exact) mass is 357 g/mol. The van der Waals surface area contributed by atoms with Crippen LogP contribution in [0.1, 0.15) is 18.4 Å². The zero-order valence-corrected chi connectivity index (χ0v) is 15.2. The molecule has 0 aliphatic carbocycles. The van der Waals surface area contributed by atoms with Crippen molar-refractivity contribution in [1.29, 1.82) is 0 Å². The fourth-order valence-electron chi connectivity index (χ4n) is 3.39. The number of methoxy groups -OCH3 is 1. The summed E-state index contributed by atoms with van der Waals surface area (Å²) < 4.78 is 7.31. The zero-order valence-electron chi connectivity index (χ0n) is 15.2. The van der Waals surface area contributed by atoms with Crippen molar-refractivity contribution in [2.24, 2.45) is 0 Å². The third kappa shape index (κ3) is 4.45. The lowest BCUT2D eigenvalue weighted by Crippen LogP contribution is -2.57. The van der Waals surface area contributed by atoms with Crippen LogP contribution in [-0.4, -0.2) is 52.8 Å². The summed E-state index contributed by atoms with van der Waals surface area (Å²) in [7, 11) is 1.63. The second-order valence-corrected chi connectivity index (χ2v) is 6.81. The largest absolute Gasteiger partial charge is 0.497 e. The number of rotatable bonds is 8. The summed E-state index contributed by atoms with van der Waals surface area (Å²) in [5.74, 6) is 0.578. The Bertz CT molecular complexity index is 717. The summed E-state index contributed by atoms with van der Waals surface area (Å²) >= 11 is 0. The maximum Gasteiger partial charge on any atom is 0.256 e. The molecule has 1 aromatic carbocycles. The van der Waals surface area contributed by atoms with Gasteiger partial charge in [-0.1, -0.05) is 12.1 Å². The molecule has 1 aromatic heterocycles. The van der Waals surface area contributed by atoms with Gasteiger partial charge in [0, 0.05) is 45.1 Å². The van der Waals surface area contributed by atoms with Gasteiger partial charge in [-0.05, 0) is 42.7 Å². The molecule has 6 heteroatoms. The number of ether oxygens (including phenoxy) is 1. The van der Waals surface area contributed by atoms with Crippen molar-refractivity contribution in [3.8, 4) is 5.75 Å². The third-order valence-electron chi connectivity index (χ3n) is 4.84. The fraction of sp³-hybridized carbons (Fsp3) is 0.450. The van der Waals surface area contributed by atoms with Gasteiger partial charge < -0.3 is 24.6 Å². The molecule has 1 fully saturated rings. The molecule has 140 valence electrons. The van der Waals surface area contributed by atoms with Crippen LogP contribution >= 0.6 is 0 Å². The highest BCUT2D eigenvalue weighted by Gasteiger charge is 2.41. The molecular formula is C20H27N3O3. The molecule has 0 spiro atoms. The van der Waals surface area contributed by atoms with Gasteiger partial charge in [-0.15, -0.1) is 0 Å². The lowest BCUT2D eigenvalue weighted by molar-refractivity contribution is -0.157. The first-order chi connectivity index (χ1) is 12.6. The van der Waals surface area contributed by atoms with Gasteiger partial charge in [0.15, 0.2) is 5.60 Å². The van der Waals surface area contributed by atoms with Gasteiger partial charge in [-0.25, -0.2) is 0 Å². The number of hydrogen-bond acceptors (Lipinski definition) is 4. The minimum absolute atomic E-state index is 0.194. The van der Waals surface area contributed by atoms with Gasteiger partial charge in [-0.3, -0.25) is 4.79 Å². The van der Waals surface area contributed by atoms with Crippen LogP contribution < -0.4 is 10.1 Å². The van der Waals surface area contributed by atoms with Gasteiger partial charge in [-0.2, -0.15) is 0 Å². The molecule has 2 heterocycles. The normalized spacial score (nSPS) is 20.4. The van der Waals surface area contributed by atoms with E-state index in [2.05, 4.69) is 9.88 Å². The molecule has 26 heavy (non-hydrogen) atoms. The van der Waals surface area contributed by atoms with Crippen LogP contribution in [0.15, 0.2) is 48.8 Å². The predicted octanol–water partition coefficient (Wildman–Crippen LogP) is 1.64. The van der Waals surface area contributed by atoms with Crippen LogP contribution in [0.4, 0.5) is 0 Å². The number of nitrogens with zero attached hydrogens (tertiary/aromatic N) is 2. The van der Waals surface area contributed by atoms with Crippen molar-refractivity contribution in [3.05, 3.63) is 54.4 Å². The number of amides is 1. The van der Waals surface area contributed by atoms with Crippen LogP contribution in [-0.2, 0) is 17.9 Å². The summed E-state index contributed by atoms with van der Waals surface area (Å²) in [6.07, 6.45) is 5.29. The second kappa shape index (κ2) is 8.38. The van der Waals surface area contributed by atoms with Crippen molar-refractivity contribution in [2.45, 2.75) is 31.5 Å². The highest BCUT2D eigenvalue weighted by atomic mass is 16.5. The first-order valence-corrected chi connectivity index (χ1v) is 9.07. The third-order valence-corrected chi connectivity index (χ3v) is 4.84. The Hall–Kier alpha value is -2.31. The number of aromatic nitrogens is 1. The van der Waals surface area contributed by atoms with E-state index in [4.69, 9.17) is 4.74 Å². The van der Waals surface area contributed by atoms with Crippen LogP contribution in [0.3, 0.4) is 0 Å². The van der Waals surface area contributed by atoms with E-state index in [1.165, 1.54) is 0 Å². The quantitative estimate of drug-likeness (QED) is 0.705. The summed E-state index contributed by atoms with van der Waals surface area (Å²) in [5.41, 5.74) is -0.323. The Morgan fingerprint density at radius 2 is 2.08 bits per heavy atom. The number of benzene rings is 1. The lowest BCUT2D eigenvalue weighted by Gasteiger charge is -2.38. The molecule has 1 saturated heterocycles. The van der Waals surface area contributed by atoms with E-state index in [-0.39, 0.29) is 12.5 Å². The topological polar surface area (TPSA) is 66.7 Å². The lowest BCUT2D eigenvalue weighted by atomic mass is 9.91. The average molecular weight is 357 g/mol. The summed E-state index contributed by atoms with van der Waals surface area (Å²) in [6.45, 7) is 2.95. The number of piperidine rings is 1. The molecule has 3 rings (SSSR count). The maximum absolute atomic E-state index is 12.8. The van der Waals surface area contributed by atoms with E-state index >= 15 is 0 Å². The molecule has 0 saturated carbocycles. The Kier molecular flexibility index (Phi) is 5.96. The number of likely N-dealkylation sites (tertiary alicyclic amines) is 1. The molecule has 2 aromatic rings. The van der Waals surface area contributed by atoms with Crippen molar-refractivity contribution in [3.63, 3.8) is 0 Å². The summed E-state index contributed by atoms with van der Waals surface area (Å²) in [4.78, 5) is 14.6. The van der Waals surface area contributed by atoms with Crippen LogP contribution in [0.2, 0.25) is 0 Å². The molecule has 1 aliphatic rings. The minimum atomic E-state index is -1.33. The van der Waals surface area contributed by atoms with Crippen LogP contribution in [0.25, 0.3) is 0 Å². The molecular weight excluding hydrogens is 330 g/mol. The van der Waals surface area contributed by atoms with E-state index in [1.807, 2.05) is 48.8 Å². The van der Waals surface area contributed by atoms with E-state index in [0.29, 0.717) is 26.1 Å². The minimum Gasteiger partial charge on any atom is -0.497 e. The molecule has 0 bridgehead atoms. The number of aliphatic hydroxyl groups is 1. The first-order valence-electron chi connectivity index (χ1n) is 9.07. The van der Waals surface area contributed by atoms with Crippen molar-refractivity contribution in [2.75, 3.05) is 26.7 Å². The van der Waals surface area contributed by atoms with E-state index < -0.39 is 5.60 Å². The molecule has 0 unspecified atom stereocenters. The van der Waals surface area contributed by atoms with Crippen molar-refractivity contribution in [1.82, 2.24) is 14.8 Å². The molecule has 1 atom stereocenters. The summed E-state index contributed by atoms with van der Waals surface area (Å²) in [5, 5.41) is 14.1. The van der Waals surface area contributed by atoms with Gasteiger partial charge in [0.1, 0.15) is 5.75 Å². The predicted molar refractivity (Wildman–Crippen MR) is 99.9 cm³/mol. The molecule has 1 aliphatic heterocycles. The van der Waals surface area contributed by atoms with E-state index in [1.54, 1.807) is 12.0 Å². The van der Waals surface area contributed by atoms with E-state index in [0.717, 1.165) is 24.3 Å². The smallest absolute Gasteiger partial charge is 0.256 e. The molecule has 0 radical (unpaired) electrons. The second-order valence-electron chi connectivity index (χ2n) is 6.81. The zero-order chi connectivity index (χ0) is 18.4. The SMILES string of the molecule is COc1cccc(CN2CCC[C@@](O)(CNCCn3cccc3)C2=O)c1. The Morgan fingerprint density at radius 1 is 1.27 bits per heavy atom. The average Bonchev–Trinajstić information content (AvgIpc) is 3.17. The van der Waals surface area contributed by atoms with Crippen LogP contribution in [0.5, 0.6) is 5.75 Å². The Labute approximate surface area is 154 Å². The number of nitrogens with one attached hydrogen (secondary N) is 1. The number of hydrogen-bond donors (Lipinski definition) is 2. The van der Waals surface area contributed by atoms with Gasteiger partial charge in [0.2, 0.25) is 0 Å². The van der Waals surface area contributed by atoms with Gasteiger partial charge in [0.25, 0.3) is 5.91 Å². The molecule has 2 N–H and O–H groups in total. The first kappa shape index (κ1) is 18.5. The summed E-state index contributed by atoms with van der Waals surface area (Å²) in [6, 6.07) is 11.7.